The first-order valence-corrected chi connectivity index (χ1v) is 13.2. The molecule has 7 heteroatoms. The molecule has 1 N–H and O–H groups in total. The van der Waals surface area contributed by atoms with E-state index in [2.05, 4.69) is 24.4 Å². The molecule has 0 aromatic heterocycles. The van der Waals surface area contributed by atoms with E-state index in [0.717, 1.165) is 31.8 Å². The van der Waals surface area contributed by atoms with Crippen molar-refractivity contribution in [2.24, 2.45) is 5.10 Å². The van der Waals surface area contributed by atoms with E-state index in [9.17, 15) is 13.2 Å². The Kier molecular flexibility index (Phi) is 7.50. The Bertz CT molecular complexity index is 1490. The number of nitrogens with zero attached hydrogens (tertiary/aromatic N) is 2. The second kappa shape index (κ2) is 10.7. The van der Waals surface area contributed by atoms with E-state index >= 15 is 0 Å². The van der Waals surface area contributed by atoms with Gasteiger partial charge in [0.05, 0.1) is 16.8 Å². The molecule has 4 aromatic carbocycles. The van der Waals surface area contributed by atoms with Crippen LogP contribution in [-0.4, -0.2) is 27.1 Å². The van der Waals surface area contributed by atoms with Crippen molar-refractivity contribution in [1.82, 2.24) is 5.43 Å². The van der Waals surface area contributed by atoms with Crippen LogP contribution < -0.4 is 9.73 Å². The second-order valence-corrected chi connectivity index (χ2v) is 10.8. The number of rotatable bonds is 8. The van der Waals surface area contributed by atoms with Crippen molar-refractivity contribution in [1.29, 1.82) is 0 Å². The Hall–Kier alpha value is -3.97. The fourth-order valence-corrected chi connectivity index (χ4v) is 5.30. The minimum atomic E-state index is -3.98. The Labute approximate surface area is 212 Å². The van der Waals surface area contributed by atoms with Crippen LogP contribution in [0.1, 0.15) is 36.5 Å². The number of carbonyl (C=O) groups excluding carboxylic acids is 1. The minimum absolute atomic E-state index is 0.119. The van der Waals surface area contributed by atoms with Gasteiger partial charge < -0.3 is 0 Å². The van der Waals surface area contributed by atoms with Gasteiger partial charge in [0.2, 0.25) is 0 Å². The summed E-state index contributed by atoms with van der Waals surface area (Å²) in [6, 6.07) is 27.5. The molecule has 0 atom stereocenters. The largest absolute Gasteiger partial charge is 0.271 e. The van der Waals surface area contributed by atoms with Crippen molar-refractivity contribution < 1.29 is 13.2 Å². The number of carbonyl (C=O) groups is 1. The van der Waals surface area contributed by atoms with Crippen molar-refractivity contribution >= 4 is 38.6 Å². The maximum atomic E-state index is 13.5. The lowest BCUT2D eigenvalue weighted by molar-refractivity contribution is -0.119. The average molecular weight is 500 g/mol. The first kappa shape index (κ1) is 25.1. The van der Waals surface area contributed by atoms with E-state index in [0.29, 0.717) is 11.6 Å². The number of amides is 1. The number of fused-ring (bicyclic) bond motifs is 1. The molecule has 0 unspecified atom stereocenters. The third kappa shape index (κ3) is 5.63. The van der Waals surface area contributed by atoms with Crippen molar-refractivity contribution in [3.63, 3.8) is 0 Å². The smallest absolute Gasteiger partial charge is 0.264 e. The van der Waals surface area contributed by atoms with Crippen molar-refractivity contribution in [2.45, 2.75) is 31.6 Å². The van der Waals surface area contributed by atoms with Gasteiger partial charge in [0, 0.05) is 5.56 Å². The van der Waals surface area contributed by atoms with Gasteiger partial charge in [-0.3, -0.25) is 9.10 Å². The summed E-state index contributed by atoms with van der Waals surface area (Å²) >= 11 is 0. The molecule has 6 nitrogen and oxygen atoms in total. The topological polar surface area (TPSA) is 78.8 Å². The highest BCUT2D eigenvalue weighted by atomic mass is 32.2. The molecule has 0 saturated carbocycles. The summed E-state index contributed by atoms with van der Waals surface area (Å²) in [5.41, 5.74) is 5.77. The highest BCUT2D eigenvalue weighted by Gasteiger charge is 2.27. The van der Waals surface area contributed by atoms with Crippen LogP contribution in [0.3, 0.4) is 0 Å². The third-order valence-corrected chi connectivity index (χ3v) is 7.75. The number of anilines is 1. The Morgan fingerprint density at radius 2 is 1.58 bits per heavy atom. The van der Waals surface area contributed by atoms with Crippen LogP contribution in [0.15, 0.2) is 101 Å². The SMILES string of the molecule is Cc1ccc(S(=O)(=O)N(CC(=O)N/N=C\c2cccc3ccccc23)c2ccc(C(C)C)cc2)cc1. The Balaban J connectivity index is 1.59. The summed E-state index contributed by atoms with van der Waals surface area (Å²) in [6.07, 6.45) is 1.57. The number of hydrogen-bond acceptors (Lipinski definition) is 4. The predicted octanol–water partition coefficient (Wildman–Crippen LogP) is 5.62. The van der Waals surface area contributed by atoms with Gasteiger partial charge in [-0.25, -0.2) is 13.8 Å². The van der Waals surface area contributed by atoms with Gasteiger partial charge in [-0.05, 0) is 53.4 Å². The molecule has 184 valence electrons. The van der Waals surface area contributed by atoms with E-state index < -0.39 is 22.5 Å². The number of benzene rings is 4. The van der Waals surface area contributed by atoms with Gasteiger partial charge in [0.1, 0.15) is 6.54 Å². The fraction of sp³-hybridized carbons (Fsp3) is 0.172. The Morgan fingerprint density at radius 3 is 2.28 bits per heavy atom. The average Bonchev–Trinajstić information content (AvgIpc) is 2.87. The molecule has 0 heterocycles. The van der Waals surface area contributed by atoms with Gasteiger partial charge in [-0.2, -0.15) is 5.10 Å². The maximum absolute atomic E-state index is 13.5. The van der Waals surface area contributed by atoms with Crippen LogP contribution in [0.2, 0.25) is 0 Å². The van der Waals surface area contributed by atoms with Gasteiger partial charge >= 0.3 is 0 Å². The summed E-state index contributed by atoms with van der Waals surface area (Å²) in [5.74, 6) is -0.247. The molecule has 0 saturated heterocycles. The summed E-state index contributed by atoms with van der Waals surface area (Å²) in [4.78, 5) is 13.0. The summed E-state index contributed by atoms with van der Waals surface area (Å²) in [6.45, 7) is 5.61. The molecular formula is C29H29N3O3S. The second-order valence-electron chi connectivity index (χ2n) is 8.93. The summed E-state index contributed by atoms with van der Waals surface area (Å²) < 4.78 is 28.2. The number of aryl methyl sites for hydroxylation is 1. The van der Waals surface area contributed by atoms with Crippen LogP contribution in [-0.2, 0) is 14.8 Å². The lowest BCUT2D eigenvalue weighted by Gasteiger charge is -2.24. The molecule has 0 bridgehead atoms. The molecule has 0 aliphatic heterocycles. The fourth-order valence-electron chi connectivity index (χ4n) is 3.88. The molecule has 0 fully saturated rings. The van der Waals surface area contributed by atoms with E-state index in [1.807, 2.05) is 61.5 Å². The zero-order valence-electron chi connectivity index (χ0n) is 20.5. The summed E-state index contributed by atoms with van der Waals surface area (Å²) in [5, 5.41) is 6.17. The molecule has 0 radical (unpaired) electrons. The van der Waals surface area contributed by atoms with Crippen molar-refractivity contribution in [3.05, 3.63) is 108 Å². The predicted molar refractivity (Wildman–Crippen MR) is 146 cm³/mol. The van der Waals surface area contributed by atoms with Gasteiger partial charge in [0.25, 0.3) is 15.9 Å². The van der Waals surface area contributed by atoms with Gasteiger partial charge in [-0.15, -0.1) is 0 Å². The van der Waals surface area contributed by atoms with Crippen molar-refractivity contribution in [3.8, 4) is 0 Å². The zero-order valence-corrected chi connectivity index (χ0v) is 21.4. The van der Waals surface area contributed by atoms with Crippen LogP contribution in [0.25, 0.3) is 10.8 Å². The lowest BCUT2D eigenvalue weighted by Crippen LogP contribution is -2.39. The molecule has 4 rings (SSSR count). The van der Waals surface area contributed by atoms with E-state index in [1.54, 1.807) is 42.6 Å². The van der Waals surface area contributed by atoms with Gasteiger partial charge in [0.15, 0.2) is 0 Å². The number of hydrazone groups is 1. The van der Waals surface area contributed by atoms with Crippen LogP contribution >= 0.6 is 0 Å². The standard InChI is InChI=1S/C29H29N3O3S/c1-21(2)23-13-15-26(16-14-23)32(36(34,35)27-17-11-22(3)12-18-27)20-29(33)31-30-19-25-9-6-8-24-7-4-5-10-28(24)25/h4-19,21H,20H2,1-3H3,(H,31,33)/b30-19-. The van der Waals surface area contributed by atoms with Crippen LogP contribution in [0, 0.1) is 6.92 Å². The lowest BCUT2D eigenvalue weighted by atomic mass is 10.0. The van der Waals surface area contributed by atoms with Crippen LogP contribution in [0.5, 0.6) is 0 Å². The molecule has 0 aliphatic carbocycles. The number of hydrogen-bond donors (Lipinski definition) is 1. The first-order valence-electron chi connectivity index (χ1n) is 11.7. The quantitative estimate of drug-likeness (QED) is 0.253. The van der Waals surface area contributed by atoms with Gasteiger partial charge in [-0.1, -0.05) is 86.1 Å². The third-order valence-electron chi connectivity index (χ3n) is 5.96. The number of sulfonamides is 1. The maximum Gasteiger partial charge on any atom is 0.264 e. The Morgan fingerprint density at radius 1 is 0.917 bits per heavy atom. The molecule has 0 aliphatic rings. The monoisotopic (exact) mass is 499 g/mol. The van der Waals surface area contributed by atoms with E-state index in [4.69, 9.17) is 0 Å². The molecule has 4 aromatic rings. The first-order chi connectivity index (χ1) is 17.3. The highest BCUT2D eigenvalue weighted by Crippen LogP contribution is 2.26. The van der Waals surface area contributed by atoms with Crippen LogP contribution in [0.4, 0.5) is 5.69 Å². The summed E-state index contributed by atoms with van der Waals surface area (Å²) in [7, 11) is -3.98. The zero-order chi connectivity index (χ0) is 25.7. The molecule has 36 heavy (non-hydrogen) atoms. The molecular weight excluding hydrogens is 470 g/mol. The number of nitrogens with one attached hydrogen (secondary N) is 1. The van der Waals surface area contributed by atoms with Crippen molar-refractivity contribution in [2.75, 3.05) is 10.8 Å². The normalized spacial score (nSPS) is 11.8. The van der Waals surface area contributed by atoms with E-state index in [1.165, 1.54) is 0 Å². The molecule has 1 amide bonds. The highest BCUT2D eigenvalue weighted by molar-refractivity contribution is 7.92. The molecule has 0 spiro atoms. The van der Waals surface area contributed by atoms with E-state index in [-0.39, 0.29) is 4.90 Å². The minimum Gasteiger partial charge on any atom is -0.271 e.